The molecule has 5 heteroatoms. The summed E-state index contributed by atoms with van der Waals surface area (Å²) in [4.78, 5) is 4.39. The van der Waals surface area contributed by atoms with Gasteiger partial charge in [-0.3, -0.25) is 0 Å². The highest BCUT2D eigenvalue weighted by molar-refractivity contribution is 6.31. The van der Waals surface area contributed by atoms with Gasteiger partial charge < -0.3 is 14.8 Å². The first-order valence-corrected chi connectivity index (χ1v) is 6.60. The minimum absolute atomic E-state index is 0.229. The number of rotatable bonds is 8. The normalized spacial score (nSPS) is 10.9. The Labute approximate surface area is 114 Å². The number of hydrogen-bond donors (Lipinski definition) is 1. The summed E-state index contributed by atoms with van der Waals surface area (Å²) in [5.74, 6) is 0.818. The Morgan fingerprint density at radius 1 is 1.33 bits per heavy atom. The topological polar surface area (TPSA) is 43.4 Å². The molecule has 0 saturated heterocycles. The van der Waals surface area contributed by atoms with Gasteiger partial charge in [-0.25, -0.2) is 4.98 Å². The molecule has 0 spiro atoms. The van der Waals surface area contributed by atoms with Crippen LogP contribution < -0.4 is 5.32 Å². The lowest BCUT2D eigenvalue weighted by atomic mass is 10.3. The van der Waals surface area contributed by atoms with Gasteiger partial charge in [0.2, 0.25) is 0 Å². The van der Waals surface area contributed by atoms with Gasteiger partial charge in [0.05, 0.1) is 36.6 Å². The molecule has 1 aromatic rings. The molecule has 0 saturated carbocycles. The largest absolute Gasteiger partial charge is 0.376 e. The summed E-state index contributed by atoms with van der Waals surface area (Å²) in [7, 11) is 0. The van der Waals surface area contributed by atoms with Gasteiger partial charge in [0.1, 0.15) is 5.82 Å². The van der Waals surface area contributed by atoms with E-state index in [1.54, 1.807) is 0 Å². The molecule has 0 atom stereocenters. The molecule has 1 rings (SSSR count). The fraction of sp³-hybridized carbons (Fsp3) is 0.615. The molecular formula is C13H21ClN2O2. The van der Waals surface area contributed by atoms with E-state index in [0.29, 0.717) is 24.8 Å². The average Bonchev–Trinajstić information content (AvgIpc) is 2.32. The molecule has 102 valence electrons. The second-order valence-corrected chi connectivity index (χ2v) is 4.53. The molecule has 0 bridgehead atoms. The molecular weight excluding hydrogens is 252 g/mol. The Balaban J connectivity index is 2.38. The predicted molar refractivity (Wildman–Crippen MR) is 74.2 cm³/mol. The van der Waals surface area contributed by atoms with Gasteiger partial charge in [-0.2, -0.15) is 0 Å². The van der Waals surface area contributed by atoms with Crippen LogP contribution in [0.1, 0.15) is 26.5 Å². The van der Waals surface area contributed by atoms with Gasteiger partial charge in [-0.1, -0.05) is 11.6 Å². The molecule has 1 heterocycles. The summed E-state index contributed by atoms with van der Waals surface area (Å²) in [5, 5.41) is 3.77. The van der Waals surface area contributed by atoms with Crippen LogP contribution in [-0.2, 0) is 16.1 Å². The van der Waals surface area contributed by atoms with E-state index in [-0.39, 0.29) is 6.10 Å². The SMILES string of the molecule is CCNc1ccc(Cl)c(COCCOC(C)C)n1. The molecule has 0 amide bonds. The van der Waals surface area contributed by atoms with Crippen LogP contribution in [0.2, 0.25) is 5.02 Å². The van der Waals surface area contributed by atoms with Gasteiger partial charge in [0.15, 0.2) is 0 Å². The molecule has 0 aliphatic rings. The van der Waals surface area contributed by atoms with Crippen molar-refractivity contribution in [3.63, 3.8) is 0 Å². The quantitative estimate of drug-likeness (QED) is 0.739. The molecule has 0 aromatic carbocycles. The van der Waals surface area contributed by atoms with E-state index in [1.165, 1.54) is 0 Å². The van der Waals surface area contributed by atoms with Crippen molar-refractivity contribution in [3.8, 4) is 0 Å². The zero-order chi connectivity index (χ0) is 13.4. The molecule has 0 fully saturated rings. The number of pyridine rings is 1. The Hall–Kier alpha value is -0.840. The lowest BCUT2D eigenvalue weighted by molar-refractivity contribution is 0.0136. The van der Waals surface area contributed by atoms with Crippen molar-refractivity contribution in [2.24, 2.45) is 0 Å². The summed E-state index contributed by atoms with van der Waals surface area (Å²) < 4.78 is 10.9. The Bertz CT molecular complexity index is 359. The number of nitrogens with zero attached hydrogens (tertiary/aromatic N) is 1. The summed E-state index contributed by atoms with van der Waals surface area (Å²) in [6.45, 7) is 8.38. The predicted octanol–water partition coefficient (Wildman–Crippen LogP) is 3.11. The molecule has 0 radical (unpaired) electrons. The van der Waals surface area contributed by atoms with Crippen LogP contribution >= 0.6 is 11.6 Å². The fourth-order valence-electron chi connectivity index (χ4n) is 1.38. The number of aromatic nitrogens is 1. The molecule has 0 unspecified atom stereocenters. The maximum Gasteiger partial charge on any atom is 0.126 e. The summed E-state index contributed by atoms with van der Waals surface area (Å²) in [5.41, 5.74) is 0.750. The maximum atomic E-state index is 6.06. The Morgan fingerprint density at radius 3 is 2.78 bits per heavy atom. The molecule has 0 aliphatic carbocycles. The molecule has 1 aromatic heterocycles. The van der Waals surface area contributed by atoms with Gasteiger partial charge in [0.25, 0.3) is 0 Å². The number of ether oxygens (including phenoxy) is 2. The van der Waals surface area contributed by atoms with Crippen LogP contribution in [0.5, 0.6) is 0 Å². The van der Waals surface area contributed by atoms with Crippen LogP contribution in [0.15, 0.2) is 12.1 Å². The lowest BCUT2D eigenvalue weighted by Gasteiger charge is -2.10. The van der Waals surface area contributed by atoms with E-state index in [1.807, 2.05) is 32.9 Å². The third-order valence-electron chi connectivity index (χ3n) is 2.19. The highest BCUT2D eigenvalue weighted by Gasteiger charge is 2.04. The van der Waals surface area contributed by atoms with Crippen LogP contribution in [0.3, 0.4) is 0 Å². The number of anilines is 1. The van der Waals surface area contributed by atoms with E-state index in [9.17, 15) is 0 Å². The third-order valence-corrected chi connectivity index (χ3v) is 2.54. The molecule has 18 heavy (non-hydrogen) atoms. The smallest absolute Gasteiger partial charge is 0.126 e. The molecule has 0 aliphatic heterocycles. The fourth-order valence-corrected chi connectivity index (χ4v) is 1.54. The standard InChI is InChI=1S/C13H21ClN2O2/c1-4-15-13-6-5-11(14)12(16-13)9-17-7-8-18-10(2)3/h5-6,10H,4,7-9H2,1-3H3,(H,15,16). The first-order valence-electron chi connectivity index (χ1n) is 6.22. The first kappa shape index (κ1) is 15.2. The van der Waals surface area contributed by atoms with Crippen molar-refractivity contribution in [3.05, 3.63) is 22.8 Å². The number of nitrogens with one attached hydrogen (secondary N) is 1. The van der Waals surface area contributed by atoms with Crippen molar-refractivity contribution in [1.82, 2.24) is 4.98 Å². The van der Waals surface area contributed by atoms with Crippen LogP contribution in [0.25, 0.3) is 0 Å². The summed E-state index contributed by atoms with van der Waals surface area (Å²) >= 11 is 6.06. The summed E-state index contributed by atoms with van der Waals surface area (Å²) in [6, 6.07) is 3.69. The van der Waals surface area contributed by atoms with E-state index >= 15 is 0 Å². The maximum absolute atomic E-state index is 6.06. The Morgan fingerprint density at radius 2 is 2.11 bits per heavy atom. The zero-order valence-corrected chi connectivity index (χ0v) is 12.0. The van der Waals surface area contributed by atoms with E-state index in [0.717, 1.165) is 18.1 Å². The summed E-state index contributed by atoms with van der Waals surface area (Å²) in [6.07, 6.45) is 0.229. The van der Waals surface area contributed by atoms with Crippen molar-refractivity contribution in [1.29, 1.82) is 0 Å². The third kappa shape index (κ3) is 5.67. The molecule has 1 N–H and O–H groups in total. The first-order chi connectivity index (χ1) is 8.63. The van der Waals surface area contributed by atoms with Crippen LogP contribution in [0.4, 0.5) is 5.82 Å². The van der Waals surface area contributed by atoms with Crippen molar-refractivity contribution in [2.45, 2.75) is 33.5 Å². The monoisotopic (exact) mass is 272 g/mol. The minimum Gasteiger partial charge on any atom is -0.376 e. The van der Waals surface area contributed by atoms with E-state index < -0.39 is 0 Å². The highest BCUT2D eigenvalue weighted by atomic mass is 35.5. The van der Waals surface area contributed by atoms with Gasteiger partial charge >= 0.3 is 0 Å². The second kappa shape index (κ2) is 8.29. The van der Waals surface area contributed by atoms with E-state index in [2.05, 4.69) is 10.3 Å². The minimum atomic E-state index is 0.229. The van der Waals surface area contributed by atoms with Crippen LogP contribution in [0, 0.1) is 0 Å². The van der Waals surface area contributed by atoms with Crippen LogP contribution in [-0.4, -0.2) is 30.8 Å². The second-order valence-electron chi connectivity index (χ2n) is 4.13. The van der Waals surface area contributed by atoms with Crippen molar-refractivity contribution < 1.29 is 9.47 Å². The number of hydrogen-bond acceptors (Lipinski definition) is 4. The number of halogens is 1. The lowest BCUT2D eigenvalue weighted by Crippen LogP contribution is -2.10. The van der Waals surface area contributed by atoms with Gasteiger partial charge in [0, 0.05) is 6.54 Å². The molecule has 4 nitrogen and oxygen atoms in total. The highest BCUT2D eigenvalue weighted by Crippen LogP contribution is 2.17. The van der Waals surface area contributed by atoms with Gasteiger partial charge in [-0.15, -0.1) is 0 Å². The Kier molecular flexibility index (Phi) is 7.01. The van der Waals surface area contributed by atoms with Crippen molar-refractivity contribution in [2.75, 3.05) is 25.1 Å². The van der Waals surface area contributed by atoms with E-state index in [4.69, 9.17) is 21.1 Å². The zero-order valence-electron chi connectivity index (χ0n) is 11.2. The van der Waals surface area contributed by atoms with Crippen molar-refractivity contribution >= 4 is 17.4 Å². The average molecular weight is 273 g/mol. The van der Waals surface area contributed by atoms with Gasteiger partial charge in [-0.05, 0) is 32.9 Å².